The monoisotopic (exact) mass is 322 g/mol. The van der Waals surface area contributed by atoms with E-state index >= 15 is 0 Å². The van der Waals surface area contributed by atoms with Crippen molar-refractivity contribution >= 4 is 6.03 Å². The SMILES string of the molecule is Cc1cc(C)n(C[C@@H](C)CNC(=O)N2C[C@H](C)OC(C)(C)C2)n1. The molecule has 1 fully saturated rings. The fourth-order valence-electron chi connectivity index (χ4n) is 3.20. The number of nitrogens with zero attached hydrogens (tertiary/aromatic N) is 3. The Morgan fingerprint density at radius 2 is 2.22 bits per heavy atom. The highest BCUT2D eigenvalue weighted by atomic mass is 16.5. The van der Waals surface area contributed by atoms with E-state index in [0.29, 0.717) is 25.6 Å². The molecule has 1 aliphatic rings. The van der Waals surface area contributed by atoms with Gasteiger partial charge in [-0.2, -0.15) is 5.10 Å². The third kappa shape index (κ3) is 4.96. The van der Waals surface area contributed by atoms with Crippen molar-refractivity contribution in [3.05, 3.63) is 17.5 Å². The molecule has 130 valence electrons. The minimum absolute atomic E-state index is 0.00607. The number of carbonyl (C=O) groups is 1. The topological polar surface area (TPSA) is 59.4 Å². The maximum Gasteiger partial charge on any atom is 0.317 e. The van der Waals surface area contributed by atoms with Gasteiger partial charge in [-0.05, 0) is 46.6 Å². The van der Waals surface area contributed by atoms with Gasteiger partial charge in [-0.25, -0.2) is 4.79 Å². The highest BCUT2D eigenvalue weighted by molar-refractivity contribution is 5.74. The van der Waals surface area contributed by atoms with Gasteiger partial charge in [0.05, 0.1) is 23.9 Å². The van der Waals surface area contributed by atoms with Crippen LogP contribution in [0.1, 0.15) is 39.1 Å². The van der Waals surface area contributed by atoms with Crippen LogP contribution in [0.25, 0.3) is 0 Å². The number of hydrogen-bond donors (Lipinski definition) is 1. The second-order valence-corrected chi connectivity index (χ2v) is 7.47. The number of amides is 2. The Morgan fingerprint density at radius 1 is 1.52 bits per heavy atom. The zero-order valence-corrected chi connectivity index (χ0v) is 15.2. The second-order valence-electron chi connectivity index (χ2n) is 7.47. The molecule has 2 atom stereocenters. The molecule has 0 unspecified atom stereocenters. The van der Waals surface area contributed by atoms with E-state index in [-0.39, 0.29) is 17.7 Å². The van der Waals surface area contributed by atoms with Crippen molar-refractivity contribution in [2.24, 2.45) is 5.92 Å². The summed E-state index contributed by atoms with van der Waals surface area (Å²) >= 11 is 0. The molecule has 1 saturated heterocycles. The summed E-state index contributed by atoms with van der Waals surface area (Å²) in [5, 5.41) is 7.52. The van der Waals surface area contributed by atoms with E-state index in [0.717, 1.165) is 17.9 Å². The fourth-order valence-corrected chi connectivity index (χ4v) is 3.20. The van der Waals surface area contributed by atoms with E-state index in [1.54, 1.807) is 0 Å². The summed E-state index contributed by atoms with van der Waals surface area (Å²) in [7, 11) is 0. The van der Waals surface area contributed by atoms with Crippen LogP contribution in [-0.2, 0) is 11.3 Å². The molecule has 6 heteroatoms. The van der Waals surface area contributed by atoms with Crippen LogP contribution in [0.3, 0.4) is 0 Å². The van der Waals surface area contributed by atoms with Crippen molar-refractivity contribution in [3.63, 3.8) is 0 Å². The molecule has 1 aromatic rings. The number of hydrogen-bond acceptors (Lipinski definition) is 3. The average molecular weight is 322 g/mol. The molecule has 2 rings (SSSR count). The lowest BCUT2D eigenvalue weighted by atomic mass is 10.1. The van der Waals surface area contributed by atoms with Crippen LogP contribution >= 0.6 is 0 Å². The number of ether oxygens (including phenoxy) is 1. The molecule has 0 spiro atoms. The average Bonchev–Trinajstić information content (AvgIpc) is 2.71. The van der Waals surface area contributed by atoms with Crippen LogP contribution < -0.4 is 5.32 Å². The van der Waals surface area contributed by atoms with Crippen LogP contribution in [0.5, 0.6) is 0 Å². The molecule has 1 aliphatic heterocycles. The molecular weight excluding hydrogens is 292 g/mol. The first-order chi connectivity index (χ1) is 10.7. The van der Waals surface area contributed by atoms with Gasteiger partial charge in [-0.3, -0.25) is 4.68 Å². The van der Waals surface area contributed by atoms with Crippen LogP contribution in [0.15, 0.2) is 6.07 Å². The zero-order chi connectivity index (χ0) is 17.2. The first kappa shape index (κ1) is 17.8. The van der Waals surface area contributed by atoms with Crippen LogP contribution in [0.4, 0.5) is 4.79 Å². The van der Waals surface area contributed by atoms with E-state index in [9.17, 15) is 4.79 Å². The lowest BCUT2D eigenvalue weighted by Crippen LogP contribution is -2.56. The minimum Gasteiger partial charge on any atom is -0.369 e. The van der Waals surface area contributed by atoms with Crippen molar-refractivity contribution in [1.29, 1.82) is 0 Å². The number of nitrogens with one attached hydrogen (secondary N) is 1. The Hall–Kier alpha value is -1.56. The molecule has 0 bridgehead atoms. The molecule has 6 nitrogen and oxygen atoms in total. The van der Waals surface area contributed by atoms with E-state index in [1.807, 2.05) is 37.3 Å². The molecule has 0 aliphatic carbocycles. The van der Waals surface area contributed by atoms with E-state index < -0.39 is 0 Å². The predicted molar refractivity (Wildman–Crippen MR) is 90.5 cm³/mol. The summed E-state index contributed by atoms with van der Waals surface area (Å²) in [5.74, 6) is 0.323. The smallest absolute Gasteiger partial charge is 0.317 e. The van der Waals surface area contributed by atoms with Gasteiger partial charge in [0.2, 0.25) is 0 Å². The number of aryl methyl sites for hydroxylation is 2. The van der Waals surface area contributed by atoms with Gasteiger partial charge in [-0.15, -0.1) is 0 Å². The summed E-state index contributed by atoms with van der Waals surface area (Å²) < 4.78 is 7.85. The van der Waals surface area contributed by atoms with Gasteiger partial charge in [0.1, 0.15) is 0 Å². The Bertz CT molecular complexity index is 553. The minimum atomic E-state index is -0.287. The van der Waals surface area contributed by atoms with Crippen molar-refractivity contribution in [1.82, 2.24) is 20.0 Å². The molecule has 2 heterocycles. The van der Waals surface area contributed by atoms with Crippen molar-refractivity contribution in [2.75, 3.05) is 19.6 Å². The highest BCUT2D eigenvalue weighted by Gasteiger charge is 2.33. The maximum absolute atomic E-state index is 12.4. The first-order valence-corrected chi connectivity index (χ1v) is 8.38. The van der Waals surface area contributed by atoms with Gasteiger partial charge >= 0.3 is 6.03 Å². The maximum atomic E-state index is 12.4. The highest BCUT2D eigenvalue weighted by Crippen LogP contribution is 2.20. The number of urea groups is 1. The van der Waals surface area contributed by atoms with Crippen molar-refractivity contribution in [3.8, 4) is 0 Å². The molecule has 0 aromatic carbocycles. The van der Waals surface area contributed by atoms with E-state index in [1.165, 1.54) is 0 Å². The summed E-state index contributed by atoms with van der Waals surface area (Å²) in [6, 6.07) is 2.07. The fraction of sp³-hybridized carbons (Fsp3) is 0.765. The first-order valence-electron chi connectivity index (χ1n) is 8.38. The number of morpholine rings is 1. The predicted octanol–water partition coefficient (Wildman–Crippen LogP) is 2.34. The Morgan fingerprint density at radius 3 is 2.78 bits per heavy atom. The second kappa shape index (κ2) is 6.91. The van der Waals surface area contributed by atoms with Gasteiger partial charge in [0.25, 0.3) is 0 Å². The van der Waals surface area contributed by atoms with Gasteiger partial charge in [-0.1, -0.05) is 6.92 Å². The largest absolute Gasteiger partial charge is 0.369 e. The van der Waals surface area contributed by atoms with Gasteiger partial charge in [0.15, 0.2) is 0 Å². The van der Waals surface area contributed by atoms with Crippen LogP contribution in [0, 0.1) is 19.8 Å². The third-order valence-corrected chi connectivity index (χ3v) is 4.05. The molecule has 1 N–H and O–H groups in total. The lowest BCUT2D eigenvalue weighted by Gasteiger charge is -2.41. The summed E-state index contributed by atoms with van der Waals surface area (Å²) in [6.07, 6.45) is 0.0663. The molecule has 0 radical (unpaired) electrons. The Balaban J connectivity index is 1.82. The molecule has 23 heavy (non-hydrogen) atoms. The number of rotatable bonds is 4. The van der Waals surface area contributed by atoms with Crippen LogP contribution in [0.2, 0.25) is 0 Å². The zero-order valence-electron chi connectivity index (χ0n) is 15.2. The van der Waals surface area contributed by atoms with Crippen LogP contribution in [-0.4, -0.2) is 52.1 Å². The van der Waals surface area contributed by atoms with Gasteiger partial charge < -0.3 is 15.0 Å². The standard InChI is InChI=1S/C17H30N4O2/c1-12(9-21-14(3)7-13(2)19-21)8-18-16(22)20-10-15(4)23-17(5,6)11-20/h7,12,15H,8-11H2,1-6H3,(H,18,22)/t12-,15-/m0/s1. The molecular formula is C17H30N4O2. The van der Waals surface area contributed by atoms with E-state index in [2.05, 4.69) is 30.3 Å². The van der Waals surface area contributed by atoms with Crippen molar-refractivity contribution < 1.29 is 9.53 Å². The number of carbonyl (C=O) groups excluding carboxylic acids is 1. The summed E-state index contributed by atoms with van der Waals surface area (Å²) in [5.41, 5.74) is 1.90. The molecule has 0 saturated carbocycles. The lowest BCUT2D eigenvalue weighted by molar-refractivity contribution is -0.117. The summed E-state index contributed by atoms with van der Waals surface area (Å²) in [6.45, 7) is 14.9. The Labute approximate surface area is 139 Å². The third-order valence-electron chi connectivity index (χ3n) is 4.05. The van der Waals surface area contributed by atoms with Crippen molar-refractivity contribution in [2.45, 2.75) is 59.8 Å². The normalized spacial score (nSPS) is 22.0. The Kier molecular flexibility index (Phi) is 5.34. The summed E-state index contributed by atoms with van der Waals surface area (Å²) in [4.78, 5) is 14.2. The molecule has 2 amide bonds. The van der Waals surface area contributed by atoms with E-state index in [4.69, 9.17) is 4.74 Å². The van der Waals surface area contributed by atoms with Gasteiger partial charge in [0, 0.05) is 25.3 Å². The molecule has 1 aromatic heterocycles. The quantitative estimate of drug-likeness (QED) is 0.925. The number of aromatic nitrogens is 2.